The molecule has 0 aliphatic carbocycles. The van der Waals surface area contributed by atoms with Crippen LogP contribution in [0.4, 0.5) is 0 Å². The van der Waals surface area contributed by atoms with Gasteiger partial charge in [0.15, 0.2) is 0 Å². The molecule has 0 aliphatic rings. The van der Waals surface area contributed by atoms with Gasteiger partial charge < -0.3 is 0 Å². The molecule has 0 aliphatic heterocycles. The molecular formula is C3H4N4O2. The number of nitriles is 1. The highest BCUT2D eigenvalue weighted by atomic mass is 16.2. The third kappa shape index (κ3) is 2.87. The number of nitrogens with zero attached hydrogens (tertiary/aromatic N) is 2. The first-order valence-corrected chi connectivity index (χ1v) is 1.94. The maximum Gasteiger partial charge on any atom is 0.227 e. The summed E-state index contributed by atoms with van der Waals surface area (Å²) < 4.78 is 0. The van der Waals surface area contributed by atoms with E-state index in [0.29, 0.717) is 5.12 Å². The van der Waals surface area contributed by atoms with E-state index >= 15 is 0 Å². The second-order valence-corrected chi connectivity index (χ2v) is 0.929. The van der Waals surface area contributed by atoms with Crippen LogP contribution < -0.4 is 10.9 Å². The fourth-order valence-electron chi connectivity index (χ4n) is 0.200. The van der Waals surface area contributed by atoms with E-state index in [1.165, 1.54) is 6.19 Å². The Balaban J connectivity index is 3.56. The lowest BCUT2D eigenvalue weighted by molar-refractivity contribution is -0.117. The molecule has 0 unspecified atom stereocenters. The summed E-state index contributed by atoms with van der Waals surface area (Å²) in [4.78, 5) is 19.2. The minimum atomic E-state index is 0.264. The molecule has 0 atom stereocenters. The Morgan fingerprint density at radius 3 is 2.00 bits per heavy atom. The first-order chi connectivity index (χ1) is 4.35. The largest absolute Gasteiger partial charge is 0.277 e. The third-order valence-corrected chi connectivity index (χ3v) is 0.464. The van der Waals surface area contributed by atoms with Gasteiger partial charge in [0.2, 0.25) is 19.0 Å². The zero-order valence-corrected chi connectivity index (χ0v) is 4.37. The zero-order chi connectivity index (χ0) is 7.11. The van der Waals surface area contributed by atoms with Crippen molar-refractivity contribution >= 4 is 12.8 Å². The van der Waals surface area contributed by atoms with Gasteiger partial charge in [0.25, 0.3) is 0 Å². The van der Waals surface area contributed by atoms with Crippen LogP contribution in [0.2, 0.25) is 0 Å². The summed E-state index contributed by atoms with van der Waals surface area (Å²) in [6, 6.07) is 0. The first-order valence-electron chi connectivity index (χ1n) is 1.94. The maximum absolute atomic E-state index is 9.59. The van der Waals surface area contributed by atoms with Gasteiger partial charge in [-0.3, -0.25) is 9.59 Å². The monoisotopic (exact) mass is 128 g/mol. The number of amides is 2. The smallest absolute Gasteiger partial charge is 0.227 e. The normalized spacial score (nSPS) is 6.56. The molecule has 48 valence electrons. The number of hydrazine groups is 2. The maximum atomic E-state index is 9.59. The molecule has 0 aromatic rings. The number of nitrogens with one attached hydrogen (secondary N) is 2. The van der Waals surface area contributed by atoms with Crippen molar-refractivity contribution in [1.29, 1.82) is 5.26 Å². The van der Waals surface area contributed by atoms with Crippen LogP contribution in [0.1, 0.15) is 0 Å². The molecular weight excluding hydrogens is 124 g/mol. The molecule has 0 heterocycles. The van der Waals surface area contributed by atoms with E-state index in [-0.39, 0.29) is 12.8 Å². The van der Waals surface area contributed by atoms with Crippen molar-refractivity contribution < 1.29 is 9.59 Å². The van der Waals surface area contributed by atoms with Crippen LogP contribution in [0.5, 0.6) is 0 Å². The average molecular weight is 128 g/mol. The molecule has 9 heavy (non-hydrogen) atoms. The van der Waals surface area contributed by atoms with Crippen molar-refractivity contribution in [2.24, 2.45) is 0 Å². The van der Waals surface area contributed by atoms with Crippen LogP contribution in [0.25, 0.3) is 0 Å². The van der Waals surface area contributed by atoms with Gasteiger partial charge in [0, 0.05) is 0 Å². The van der Waals surface area contributed by atoms with E-state index in [1.807, 2.05) is 10.9 Å². The van der Waals surface area contributed by atoms with E-state index in [2.05, 4.69) is 0 Å². The number of carbonyl (C=O) groups is 2. The van der Waals surface area contributed by atoms with Crippen LogP contribution in [-0.4, -0.2) is 17.9 Å². The third-order valence-electron chi connectivity index (χ3n) is 0.464. The second kappa shape index (κ2) is 4.39. The van der Waals surface area contributed by atoms with E-state index in [1.54, 1.807) is 0 Å². The van der Waals surface area contributed by atoms with Gasteiger partial charge >= 0.3 is 0 Å². The Labute approximate surface area is 51.0 Å². The summed E-state index contributed by atoms with van der Waals surface area (Å²) in [5, 5.41) is 8.58. The molecule has 2 N–H and O–H groups in total. The molecule has 0 aromatic carbocycles. The molecule has 0 saturated heterocycles. The fourth-order valence-corrected chi connectivity index (χ4v) is 0.200. The van der Waals surface area contributed by atoms with E-state index in [9.17, 15) is 9.59 Å². The molecule has 0 fully saturated rings. The highest BCUT2D eigenvalue weighted by Gasteiger charge is 1.91. The molecule has 0 rings (SSSR count). The van der Waals surface area contributed by atoms with Crippen molar-refractivity contribution in [2.45, 2.75) is 0 Å². The molecule has 6 nitrogen and oxygen atoms in total. The molecule has 2 amide bonds. The van der Waals surface area contributed by atoms with Gasteiger partial charge in [-0.05, 0) is 0 Å². The lowest BCUT2D eigenvalue weighted by Gasteiger charge is -2.08. The Morgan fingerprint density at radius 2 is 1.78 bits per heavy atom. The Morgan fingerprint density at radius 1 is 1.33 bits per heavy atom. The molecule has 0 spiro atoms. The van der Waals surface area contributed by atoms with E-state index < -0.39 is 0 Å². The van der Waals surface area contributed by atoms with E-state index in [0.717, 1.165) is 0 Å². The Kier molecular flexibility index (Phi) is 3.53. The number of hydrogen-bond donors (Lipinski definition) is 2. The second-order valence-electron chi connectivity index (χ2n) is 0.929. The van der Waals surface area contributed by atoms with Gasteiger partial charge in [-0.25, -0.2) is 10.9 Å². The summed E-state index contributed by atoms with van der Waals surface area (Å²) in [6.07, 6.45) is 1.98. The Bertz CT molecular complexity index is 129. The number of hydrogen-bond acceptors (Lipinski definition) is 4. The SMILES string of the molecule is N#CN(NC=O)NC=O. The fraction of sp³-hybridized carbons (Fsp3) is 0. The summed E-state index contributed by atoms with van der Waals surface area (Å²) >= 11 is 0. The summed E-state index contributed by atoms with van der Waals surface area (Å²) in [6.45, 7) is 0. The highest BCUT2D eigenvalue weighted by Crippen LogP contribution is 1.60. The quantitative estimate of drug-likeness (QED) is 0.200. The predicted molar refractivity (Wildman–Crippen MR) is 25.9 cm³/mol. The number of carbonyl (C=O) groups excluding carboxylic acids is 2. The molecule has 0 bridgehead atoms. The standard InChI is InChI=1S/C3H4N4O2/c4-1-7(5-2-8)6-3-9/h2-3H,(H,5,8)(H,6,9). The van der Waals surface area contributed by atoms with Gasteiger partial charge in [-0.15, -0.1) is 5.12 Å². The van der Waals surface area contributed by atoms with Gasteiger partial charge in [0.05, 0.1) is 0 Å². The van der Waals surface area contributed by atoms with Crippen molar-refractivity contribution in [3.05, 3.63) is 0 Å². The lowest BCUT2D eigenvalue weighted by Crippen LogP contribution is -2.42. The molecule has 0 saturated carbocycles. The van der Waals surface area contributed by atoms with Gasteiger partial charge in [-0.2, -0.15) is 5.26 Å². The molecule has 6 heteroatoms. The van der Waals surface area contributed by atoms with Crippen LogP contribution in [0.3, 0.4) is 0 Å². The zero-order valence-electron chi connectivity index (χ0n) is 4.37. The summed E-state index contributed by atoms with van der Waals surface area (Å²) in [5.41, 5.74) is 3.76. The summed E-state index contributed by atoms with van der Waals surface area (Å²) in [5.74, 6) is 0. The van der Waals surface area contributed by atoms with Crippen LogP contribution in [-0.2, 0) is 9.59 Å². The van der Waals surface area contributed by atoms with Crippen LogP contribution >= 0.6 is 0 Å². The first kappa shape index (κ1) is 7.23. The number of rotatable bonds is 4. The van der Waals surface area contributed by atoms with Crippen LogP contribution in [0.15, 0.2) is 0 Å². The van der Waals surface area contributed by atoms with Crippen molar-refractivity contribution in [3.8, 4) is 6.19 Å². The summed E-state index contributed by atoms with van der Waals surface area (Å²) in [7, 11) is 0. The highest BCUT2D eigenvalue weighted by molar-refractivity contribution is 5.48. The minimum absolute atomic E-state index is 0.264. The molecule has 0 radical (unpaired) electrons. The van der Waals surface area contributed by atoms with Crippen molar-refractivity contribution in [3.63, 3.8) is 0 Å². The van der Waals surface area contributed by atoms with Crippen LogP contribution in [0, 0.1) is 11.5 Å². The van der Waals surface area contributed by atoms with Crippen molar-refractivity contribution in [2.75, 3.05) is 0 Å². The minimum Gasteiger partial charge on any atom is -0.277 e. The van der Waals surface area contributed by atoms with Crippen molar-refractivity contribution in [1.82, 2.24) is 16.0 Å². The van der Waals surface area contributed by atoms with Gasteiger partial charge in [-0.1, -0.05) is 0 Å². The molecule has 0 aromatic heterocycles. The van der Waals surface area contributed by atoms with E-state index in [4.69, 9.17) is 5.26 Å². The topological polar surface area (TPSA) is 85.2 Å². The van der Waals surface area contributed by atoms with Gasteiger partial charge in [0.1, 0.15) is 0 Å². The average Bonchev–Trinajstić information content (AvgIpc) is 1.88. The lowest BCUT2D eigenvalue weighted by atomic mass is 11.2. The Hall–Kier alpha value is -1.77. The predicted octanol–water partition coefficient (Wildman–Crippen LogP) is -1.91.